The van der Waals surface area contributed by atoms with Gasteiger partial charge in [0.1, 0.15) is 5.82 Å². The molecule has 0 aliphatic rings. The van der Waals surface area contributed by atoms with Crippen LogP contribution in [0.4, 0.5) is 4.39 Å². The number of rotatable bonds is 3. The Morgan fingerprint density at radius 1 is 1.18 bits per heavy atom. The van der Waals surface area contributed by atoms with E-state index in [4.69, 9.17) is 0 Å². The van der Waals surface area contributed by atoms with Crippen LogP contribution in [-0.4, -0.2) is 16.7 Å². The average molecular weight is 295 g/mol. The number of aryl methyl sites for hydroxylation is 1. The number of hydrazone groups is 1. The number of para-hydroxylation sites is 1. The maximum absolute atomic E-state index is 13.4. The smallest absolute Gasteiger partial charge is 0.273 e. The van der Waals surface area contributed by atoms with Gasteiger partial charge in [0.25, 0.3) is 5.91 Å². The van der Waals surface area contributed by atoms with Gasteiger partial charge >= 0.3 is 0 Å². The molecule has 1 heterocycles. The van der Waals surface area contributed by atoms with E-state index in [0.717, 1.165) is 10.9 Å². The van der Waals surface area contributed by atoms with Gasteiger partial charge in [0, 0.05) is 29.7 Å². The van der Waals surface area contributed by atoms with Gasteiger partial charge in [0.15, 0.2) is 0 Å². The first-order valence-corrected chi connectivity index (χ1v) is 6.79. The van der Waals surface area contributed by atoms with Gasteiger partial charge in [-0.05, 0) is 12.1 Å². The van der Waals surface area contributed by atoms with E-state index in [-0.39, 0.29) is 11.7 Å². The van der Waals surface area contributed by atoms with Crippen molar-refractivity contribution in [1.29, 1.82) is 0 Å². The second-order valence-electron chi connectivity index (χ2n) is 4.89. The standard InChI is InChI=1S/C17H14FN3O/c1-21-11-14(13-7-3-5-9-16(13)21)17(22)20-19-10-12-6-2-4-8-15(12)18/h2-11H,1H3,(H,20,22)/b19-10-. The van der Waals surface area contributed by atoms with E-state index in [0.29, 0.717) is 11.1 Å². The zero-order chi connectivity index (χ0) is 15.5. The fourth-order valence-corrected chi connectivity index (χ4v) is 2.32. The zero-order valence-electron chi connectivity index (χ0n) is 12.0. The van der Waals surface area contributed by atoms with Crippen LogP contribution in [0.25, 0.3) is 10.9 Å². The summed E-state index contributed by atoms with van der Waals surface area (Å²) < 4.78 is 15.3. The predicted octanol–water partition coefficient (Wildman–Crippen LogP) is 3.08. The van der Waals surface area contributed by atoms with E-state index in [1.54, 1.807) is 24.4 Å². The molecule has 1 N–H and O–H groups in total. The maximum atomic E-state index is 13.4. The molecule has 0 saturated carbocycles. The van der Waals surface area contributed by atoms with Gasteiger partial charge in [-0.25, -0.2) is 9.82 Å². The molecule has 5 heteroatoms. The summed E-state index contributed by atoms with van der Waals surface area (Å²) in [5.74, 6) is -0.713. The quantitative estimate of drug-likeness (QED) is 0.586. The van der Waals surface area contributed by atoms with Crippen LogP contribution in [0.15, 0.2) is 59.8 Å². The molecule has 0 unspecified atom stereocenters. The van der Waals surface area contributed by atoms with Crippen molar-refractivity contribution in [3.05, 3.63) is 71.7 Å². The van der Waals surface area contributed by atoms with Crippen LogP contribution in [0.2, 0.25) is 0 Å². The largest absolute Gasteiger partial charge is 0.350 e. The van der Waals surface area contributed by atoms with E-state index < -0.39 is 0 Å². The molecule has 1 aromatic heterocycles. The van der Waals surface area contributed by atoms with Crippen LogP contribution in [0, 0.1) is 5.82 Å². The van der Waals surface area contributed by atoms with Crippen LogP contribution in [-0.2, 0) is 7.05 Å². The highest BCUT2D eigenvalue weighted by atomic mass is 19.1. The Morgan fingerprint density at radius 2 is 1.91 bits per heavy atom. The number of carbonyl (C=O) groups is 1. The number of hydrogen-bond donors (Lipinski definition) is 1. The molecule has 22 heavy (non-hydrogen) atoms. The number of nitrogens with one attached hydrogen (secondary N) is 1. The average Bonchev–Trinajstić information content (AvgIpc) is 2.87. The summed E-state index contributed by atoms with van der Waals surface area (Å²) in [6, 6.07) is 13.8. The molecule has 110 valence electrons. The van der Waals surface area contributed by atoms with Crippen molar-refractivity contribution in [2.75, 3.05) is 0 Å². The highest BCUT2D eigenvalue weighted by Crippen LogP contribution is 2.19. The molecule has 0 saturated heterocycles. The van der Waals surface area contributed by atoms with E-state index in [9.17, 15) is 9.18 Å². The highest BCUT2D eigenvalue weighted by Gasteiger charge is 2.12. The van der Waals surface area contributed by atoms with Crippen LogP contribution < -0.4 is 5.43 Å². The van der Waals surface area contributed by atoms with Gasteiger partial charge in [-0.15, -0.1) is 0 Å². The van der Waals surface area contributed by atoms with Crippen molar-refractivity contribution in [3.8, 4) is 0 Å². The number of halogens is 1. The second kappa shape index (κ2) is 5.81. The summed E-state index contributed by atoms with van der Waals surface area (Å²) in [6.45, 7) is 0. The Hall–Kier alpha value is -2.95. The Bertz CT molecular complexity index is 867. The number of hydrogen-bond acceptors (Lipinski definition) is 2. The van der Waals surface area contributed by atoms with E-state index >= 15 is 0 Å². The molecule has 2 aromatic carbocycles. The number of benzene rings is 2. The first-order chi connectivity index (χ1) is 10.7. The zero-order valence-corrected chi connectivity index (χ0v) is 12.0. The Morgan fingerprint density at radius 3 is 2.73 bits per heavy atom. The molecule has 0 atom stereocenters. The van der Waals surface area contributed by atoms with Gasteiger partial charge in [-0.3, -0.25) is 4.79 Å². The molecule has 0 fully saturated rings. The maximum Gasteiger partial charge on any atom is 0.273 e. The minimum absolute atomic E-state index is 0.320. The van der Waals surface area contributed by atoms with Gasteiger partial charge in [0.05, 0.1) is 11.8 Å². The van der Waals surface area contributed by atoms with Crippen molar-refractivity contribution in [1.82, 2.24) is 9.99 Å². The topological polar surface area (TPSA) is 46.4 Å². The van der Waals surface area contributed by atoms with Gasteiger partial charge in [0.2, 0.25) is 0 Å². The lowest BCUT2D eigenvalue weighted by Crippen LogP contribution is -2.17. The molecule has 4 nitrogen and oxygen atoms in total. The normalized spacial score (nSPS) is 11.2. The predicted molar refractivity (Wildman–Crippen MR) is 84.4 cm³/mol. The van der Waals surface area contributed by atoms with Crippen molar-refractivity contribution in [3.63, 3.8) is 0 Å². The number of carbonyl (C=O) groups excluding carboxylic acids is 1. The molecule has 3 aromatic rings. The number of amides is 1. The van der Waals surface area contributed by atoms with Crippen molar-refractivity contribution in [2.24, 2.45) is 12.1 Å². The third-order valence-corrected chi connectivity index (χ3v) is 3.42. The Balaban J connectivity index is 1.81. The second-order valence-corrected chi connectivity index (χ2v) is 4.89. The molecular formula is C17H14FN3O. The van der Waals surface area contributed by atoms with Crippen molar-refractivity contribution < 1.29 is 9.18 Å². The summed E-state index contributed by atoms with van der Waals surface area (Å²) in [5, 5.41) is 4.67. The van der Waals surface area contributed by atoms with Crippen LogP contribution in [0.1, 0.15) is 15.9 Å². The minimum Gasteiger partial charge on any atom is -0.350 e. The van der Waals surface area contributed by atoms with Crippen molar-refractivity contribution >= 4 is 23.0 Å². The van der Waals surface area contributed by atoms with Crippen molar-refractivity contribution in [2.45, 2.75) is 0 Å². The van der Waals surface area contributed by atoms with Crippen LogP contribution >= 0.6 is 0 Å². The van der Waals surface area contributed by atoms with E-state index in [2.05, 4.69) is 10.5 Å². The molecule has 0 radical (unpaired) electrons. The molecule has 0 bridgehead atoms. The fraction of sp³-hybridized carbons (Fsp3) is 0.0588. The molecule has 3 rings (SSSR count). The fourth-order valence-electron chi connectivity index (χ4n) is 2.32. The summed E-state index contributed by atoms with van der Waals surface area (Å²) in [4.78, 5) is 12.2. The van der Waals surface area contributed by atoms with E-state index in [1.807, 2.05) is 35.9 Å². The third-order valence-electron chi connectivity index (χ3n) is 3.42. The first-order valence-electron chi connectivity index (χ1n) is 6.79. The summed E-state index contributed by atoms with van der Waals surface area (Å²) in [6.07, 6.45) is 3.04. The van der Waals surface area contributed by atoms with Gasteiger partial charge in [-0.2, -0.15) is 5.10 Å². The molecule has 0 aliphatic heterocycles. The van der Waals surface area contributed by atoms with Crippen LogP contribution in [0.3, 0.4) is 0 Å². The monoisotopic (exact) mass is 295 g/mol. The molecule has 0 aliphatic carbocycles. The summed E-state index contributed by atoms with van der Waals surface area (Å²) in [7, 11) is 1.88. The van der Waals surface area contributed by atoms with E-state index in [1.165, 1.54) is 12.3 Å². The lowest BCUT2D eigenvalue weighted by atomic mass is 10.2. The number of nitrogens with zero attached hydrogens (tertiary/aromatic N) is 2. The lowest BCUT2D eigenvalue weighted by molar-refractivity contribution is 0.0956. The van der Waals surface area contributed by atoms with Gasteiger partial charge < -0.3 is 4.57 Å². The SMILES string of the molecule is Cn1cc(C(=O)N/N=C\c2ccccc2F)c2ccccc21. The lowest BCUT2D eigenvalue weighted by Gasteiger charge is -1.98. The number of fused-ring (bicyclic) bond motifs is 1. The minimum atomic E-state index is -0.384. The van der Waals surface area contributed by atoms with Crippen LogP contribution in [0.5, 0.6) is 0 Å². The Labute approximate surface area is 126 Å². The summed E-state index contributed by atoms with van der Waals surface area (Å²) in [5.41, 5.74) is 4.25. The Kier molecular flexibility index (Phi) is 3.70. The highest BCUT2D eigenvalue weighted by molar-refractivity contribution is 6.07. The molecular weight excluding hydrogens is 281 g/mol. The first kappa shape index (κ1) is 14.0. The molecule has 0 spiro atoms. The van der Waals surface area contributed by atoms with Gasteiger partial charge in [-0.1, -0.05) is 36.4 Å². The summed E-state index contributed by atoms with van der Waals surface area (Å²) >= 11 is 0. The third kappa shape index (κ3) is 2.61. The molecule has 1 amide bonds. The number of aromatic nitrogens is 1.